The molecular weight excluding hydrogens is 179 g/mol. The molecule has 0 fully saturated rings. The third-order valence-corrected chi connectivity index (χ3v) is 2.61. The van der Waals surface area contributed by atoms with Gasteiger partial charge in [-0.05, 0) is 0 Å². The van der Waals surface area contributed by atoms with Crippen molar-refractivity contribution in [2.45, 2.75) is 5.21 Å². The van der Waals surface area contributed by atoms with Crippen LogP contribution in [-0.4, -0.2) is 35.6 Å². The molecule has 0 aliphatic heterocycles. The Morgan fingerprint density at radius 1 is 1.57 bits per heavy atom. The third-order valence-electron chi connectivity index (χ3n) is 0.376. The van der Waals surface area contributed by atoms with Gasteiger partial charge in [-0.15, -0.1) is 0 Å². The fourth-order valence-electron chi connectivity index (χ4n) is 0.149. The van der Waals surface area contributed by atoms with Gasteiger partial charge in [0.05, 0.1) is 0 Å². The summed E-state index contributed by atoms with van der Waals surface area (Å²) in [6.07, 6.45) is 0. The molecule has 7 heavy (non-hydrogen) atoms. The second-order valence-electron chi connectivity index (χ2n) is 1.07. The van der Waals surface area contributed by atoms with Crippen LogP contribution < -0.4 is 0 Å². The Bertz CT molecular complexity index is 126. The van der Waals surface area contributed by atoms with Crippen LogP contribution in [0.4, 0.5) is 0 Å². The monoisotopic (exact) mass is 186 g/mol. The molecule has 5 heteroatoms. The average molecular weight is 186 g/mol. The quantitative estimate of drug-likeness (QED) is 0.441. The molecule has 0 aromatic carbocycles. The fraction of sp³-hybridized carbons (Fsp3) is 1.00. The van der Waals surface area contributed by atoms with Gasteiger partial charge in [0, 0.05) is 0 Å². The Morgan fingerprint density at radius 2 is 2.00 bits per heavy atom. The van der Waals surface area contributed by atoms with Crippen molar-refractivity contribution >= 4 is 27.0 Å². The summed E-state index contributed by atoms with van der Waals surface area (Å²) in [5.74, 6) is -0.104. The molecule has 1 N–H and O–H groups in total. The second kappa shape index (κ2) is 2.70. The Balaban J connectivity index is 3.60. The predicted molar refractivity (Wildman–Crippen MR) is 29.8 cm³/mol. The molecule has 0 bridgehead atoms. The molecule has 1 unspecified atom stereocenters. The summed E-state index contributed by atoms with van der Waals surface area (Å²) >= 11 is 1.30. The molecule has 0 amide bonds. The molecule has 0 spiro atoms. The van der Waals surface area contributed by atoms with Crippen molar-refractivity contribution in [1.82, 2.24) is 0 Å². The molecule has 0 saturated heterocycles. The summed E-state index contributed by atoms with van der Waals surface area (Å²) in [5.41, 5.74) is 0. The minimum absolute atomic E-state index is 0.104. The summed E-state index contributed by atoms with van der Waals surface area (Å²) in [7, 11) is -3.66. The first kappa shape index (κ1) is 7.47. The van der Waals surface area contributed by atoms with Crippen LogP contribution >= 0.6 is 0 Å². The van der Waals surface area contributed by atoms with Crippen molar-refractivity contribution in [3.63, 3.8) is 0 Å². The standard InChI is InChI=1S/C2H7AsO3S/c3-1-2-7(4,5)6/h1-3H2,(H,4,5,6). The van der Waals surface area contributed by atoms with E-state index in [0.717, 1.165) is 0 Å². The van der Waals surface area contributed by atoms with Crippen LogP contribution in [0.25, 0.3) is 0 Å². The summed E-state index contributed by atoms with van der Waals surface area (Å²) in [6.45, 7) is 0. The van der Waals surface area contributed by atoms with Crippen LogP contribution in [0.5, 0.6) is 0 Å². The molecule has 0 heterocycles. The van der Waals surface area contributed by atoms with E-state index < -0.39 is 10.1 Å². The van der Waals surface area contributed by atoms with E-state index in [0.29, 0.717) is 5.21 Å². The maximum atomic E-state index is 9.80. The summed E-state index contributed by atoms with van der Waals surface area (Å²) in [6, 6.07) is 0. The average Bonchev–Trinajstić information content (AvgIpc) is 1.30. The maximum absolute atomic E-state index is 9.80. The van der Waals surface area contributed by atoms with Gasteiger partial charge in [-0.2, -0.15) is 0 Å². The van der Waals surface area contributed by atoms with E-state index in [2.05, 4.69) is 0 Å². The molecule has 0 aliphatic carbocycles. The first-order valence-electron chi connectivity index (χ1n) is 1.71. The summed E-state index contributed by atoms with van der Waals surface area (Å²) in [5, 5.41) is 0.534. The molecule has 0 rings (SSSR count). The van der Waals surface area contributed by atoms with E-state index in [-0.39, 0.29) is 5.75 Å². The van der Waals surface area contributed by atoms with Gasteiger partial charge in [-0.25, -0.2) is 0 Å². The van der Waals surface area contributed by atoms with Crippen LogP contribution in [0.2, 0.25) is 5.21 Å². The van der Waals surface area contributed by atoms with Gasteiger partial charge < -0.3 is 0 Å². The first-order valence-corrected chi connectivity index (χ1v) is 5.04. The van der Waals surface area contributed by atoms with Crippen LogP contribution in [0.15, 0.2) is 0 Å². The van der Waals surface area contributed by atoms with Gasteiger partial charge in [0.25, 0.3) is 0 Å². The second-order valence-corrected chi connectivity index (χ2v) is 3.86. The van der Waals surface area contributed by atoms with Gasteiger partial charge in [-0.1, -0.05) is 0 Å². The molecular formula is C2H7AsO3S. The van der Waals surface area contributed by atoms with Crippen molar-refractivity contribution in [2.75, 3.05) is 5.75 Å². The molecule has 0 aliphatic rings. The Morgan fingerprint density at radius 3 is 2.00 bits per heavy atom. The van der Waals surface area contributed by atoms with Crippen molar-refractivity contribution in [1.29, 1.82) is 0 Å². The molecule has 0 radical (unpaired) electrons. The zero-order valence-corrected chi connectivity index (χ0v) is 6.90. The van der Waals surface area contributed by atoms with E-state index in [4.69, 9.17) is 4.55 Å². The Hall–Kier alpha value is 0.468. The fourth-order valence-corrected chi connectivity index (χ4v) is 2.32. The Labute approximate surface area is 51.4 Å². The molecule has 1 atom stereocenters. The Kier molecular flexibility index (Phi) is 2.88. The van der Waals surface area contributed by atoms with Crippen LogP contribution in [-0.2, 0) is 10.1 Å². The van der Waals surface area contributed by atoms with E-state index in [1.165, 1.54) is 16.9 Å². The predicted octanol–water partition coefficient (Wildman–Crippen LogP) is -1.07. The molecule has 3 nitrogen and oxygen atoms in total. The van der Waals surface area contributed by atoms with Crippen LogP contribution in [0.1, 0.15) is 0 Å². The zero-order chi connectivity index (χ0) is 5.91. The summed E-state index contributed by atoms with van der Waals surface area (Å²) < 4.78 is 27.6. The SMILES string of the molecule is O=S(=O)(O)CC[AsH2]. The zero-order valence-electron chi connectivity index (χ0n) is 3.66. The van der Waals surface area contributed by atoms with Crippen molar-refractivity contribution < 1.29 is 13.0 Å². The van der Waals surface area contributed by atoms with E-state index in [1.54, 1.807) is 0 Å². The van der Waals surface area contributed by atoms with Gasteiger partial charge in [0.2, 0.25) is 0 Å². The van der Waals surface area contributed by atoms with Gasteiger partial charge in [0.15, 0.2) is 0 Å². The number of rotatable bonds is 2. The van der Waals surface area contributed by atoms with Crippen LogP contribution in [0.3, 0.4) is 0 Å². The molecule has 0 aromatic rings. The molecule has 44 valence electrons. The van der Waals surface area contributed by atoms with E-state index >= 15 is 0 Å². The number of hydrogen-bond donors (Lipinski definition) is 1. The topological polar surface area (TPSA) is 54.4 Å². The van der Waals surface area contributed by atoms with Crippen molar-refractivity contribution in [3.05, 3.63) is 0 Å². The first-order chi connectivity index (χ1) is 3.06. The van der Waals surface area contributed by atoms with Gasteiger partial charge in [0.1, 0.15) is 0 Å². The number of hydrogen-bond acceptors (Lipinski definition) is 2. The van der Waals surface area contributed by atoms with Crippen molar-refractivity contribution in [2.24, 2.45) is 0 Å². The van der Waals surface area contributed by atoms with Crippen LogP contribution in [0, 0.1) is 0 Å². The van der Waals surface area contributed by atoms with E-state index in [1.807, 2.05) is 0 Å². The third kappa shape index (κ3) is 6.47. The minimum atomic E-state index is -3.66. The van der Waals surface area contributed by atoms with Gasteiger partial charge >= 0.3 is 50.9 Å². The van der Waals surface area contributed by atoms with Crippen molar-refractivity contribution in [3.8, 4) is 0 Å². The molecule has 0 aromatic heterocycles. The van der Waals surface area contributed by atoms with Gasteiger partial charge in [-0.3, -0.25) is 0 Å². The molecule has 0 saturated carbocycles. The summed E-state index contributed by atoms with van der Waals surface area (Å²) in [4.78, 5) is 0. The normalized spacial score (nSPS) is 11.7. The van der Waals surface area contributed by atoms with E-state index in [9.17, 15) is 8.42 Å².